The monoisotopic (exact) mass is 273 g/mol. The molecule has 0 spiro atoms. The average molecular weight is 273 g/mol. The van der Waals surface area contributed by atoms with E-state index in [1.54, 1.807) is 6.07 Å². The number of benzene rings is 2. The molecule has 3 heteroatoms. The lowest BCUT2D eigenvalue weighted by atomic mass is 10.1. The minimum atomic E-state index is -0.171. The predicted octanol–water partition coefficient (Wildman–Crippen LogP) is 3.35. The molecule has 0 bridgehead atoms. The third-order valence-electron chi connectivity index (χ3n) is 3.17. The van der Waals surface area contributed by atoms with E-state index in [1.165, 1.54) is 11.6 Å². The first-order valence-electron chi connectivity index (χ1n) is 6.89. The quantitative estimate of drug-likeness (QED) is 0.781. The Morgan fingerprint density at radius 2 is 1.85 bits per heavy atom. The predicted molar refractivity (Wildman–Crippen MR) is 79.6 cm³/mol. The Balaban J connectivity index is 1.62. The highest BCUT2D eigenvalue weighted by Crippen LogP contribution is 2.10. The lowest BCUT2D eigenvalue weighted by molar-refractivity contribution is 0.314. The van der Waals surface area contributed by atoms with Crippen LogP contribution in [0.2, 0.25) is 0 Å². The highest BCUT2D eigenvalue weighted by Gasteiger charge is 1.99. The second-order valence-corrected chi connectivity index (χ2v) is 4.73. The SMILES string of the molecule is Cc1cc(F)ccc1CCNCCOc1ccccc1. The van der Waals surface area contributed by atoms with Crippen LogP contribution in [-0.4, -0.2) is 19.7 Å². The lowest BCUT2D eigenvalue weighted by Crippen LogP contribution is -2.23. The summed E-state index contributed by atoms with van der Waals surface area (Å²) in [5.41, 5.74) is 2.19. The molecule has 0 aromatic heterocycles. The Kier molecular flexibility index (Phi) is 5.56. The second-order valence-electron chi connectivity index (χ2n) is 4.73. The van der Waals surface area contributed by atoms with Gasteiger partial charge in [-0.05, 0) is 55.3 Å². The molecule has 0 aliphatic rings. The van der Waals surface area contributed by atoms with Crippen LogP contribution in [-0.2, 0) is 6.42 Å². The minimum absolute atomic E-state index is 0.171. The summed E-state index contributed by atoms with van der Waals surface area (Å²) in [6.07, 6.45) is 0.900. The summed E-state index contributed by atoms with van der Waals surface area (Å²) in [5.74, 6) is 0.721. The number of hydrogen-bond donors (Lipinski definition) is 1. The molecule has 0 aliphatic carbocycles. The molecule has 2 nitrogen and oxygen atoms in total. The van der Waals surface area contributed by atoms with Crippen molar-refractivity contribution in [1.82, 2.24) is 5.32 Å². The normalized spacial score (nSPS) is 10.5. The van der Waals surface area contributed by atoms with Gasteiger partial charge < -0.3 is 10.1 Å². The van der Waals surface area contributed by atoms with Gasteiger partial charge in [-0.3, -0.25) is 0 Å². The fraction of sp³-hybridized carbons (Fsp3) is 0.294. The van der Waals surface area contributed by atoms with E-state index < -0.39 is 0 Å². The van der Waals surface area contributed by atoms with Crippen LogP contribution in [0.25, 0.3) is 0 Å². The van der Waals surface area contributed by atoms with Gasteiger partial charge in [0.15, 0.2) is 0 Å². The molecule has 1 N–H and O–H groups in total. The van der Waals surface area contributed by atoms with Gasteiger partial charge in [-0.2, -0.15) is 0 Å². The van der Waals surface area contributed by atoms with Crippen molar-refractivity contribution in [3.63, 3.8) is 0 Å². The van der Waals surface area contributed by atoms with Crippen molar-refractivity contribution < 1.29 is 9.13 Å². The Morgan fingerprint density at radius 3 is 2.60 bits per heavy atom. The van der Waals surface area contributed by atoms with E-state index in [0.29, 0.717) is 6.61 Å². The Morgan fingerprint density at radius 1 is 1.05 bits per heavy atom. The smallest absolute Gasteiger partial charge is 0.123 e. The fourth-order valence-electron chi connectivity index (χ4n) is 2.05. The van der Waals surface area contributed by atoms with E-state index >= 15 is 0 Å². The van der Waals surface area contributed by atoms with Crippen LogP contribution >= 0.6 is 0 Å². The van der Waals surface area contributed by atoms with E-state index in [-0.39, 0.29) is 5.82 Å². The highest BCUT2D eigenvalue weighted by molar-refractivity contribution is 5.26. The van der Waals surface area contributed by atoms with Gasteiger partial charge in [-0.15, -0.1) is 0 Å². The van der Waals surface area contributed by atoms with Gasteiger partial charge in [0.05, 0.1) is 0 Å². The zero-order valence-electron chi connectivity index (χ0n) is 11.7. The molecule has 2 rings (SSSR count). The standard InChI is InChI=1S/C17H20FNO/c1-14-13-16(18)8-7-15(14)9-10-19-11-12-20-17-5-3-2-4-6-17/h2-8,13,19H,9-12H2,1H3. The number of para-hydroxylation sites is 1. The third-order valence-corrected chi connectivity index (χ3v) is 3.17. The second kappa shape index (κ2) is 7.65. The van der Waals surface area contributed by atoms with Crippen LogP contribution in [0.1, 0.15) is 11.1 Å². The molecular formula is C17H20FNO. The van der Waals surface area contributed by atoms with Crippen LogP contribution in [0, 0.1) is 12.7 Å². The maximum absolute atomic E-state index is 13.0. The summed E-state index contributed by atoms with van der Waals surface area (Å²) in [7, 11) is 0. The number of aryl methyl sites for hydroxylation is 1. The van der Waals surface area contributed by atoms with Crippen LogP contribution in [0.4, 0.5) is 4.39 Å². The molecule has 0 heterocycles. The van der Waals surface area contributed by atoms with Gasteiger partial charge in [0, 0.05) is 6.54 Å². The topological polar surface area (TPSA) is 21.3 Å². The zero-order chi connectivity index (χ0) is 14.2. The summed E-state index contributed by atoms with van der Waals surface area (Å²) in [5, 5.41) is 3.33. The van der Waals surface area contributed by atoms with Crippen molar-refractivity contribution in [3.8, 4) is 5.75 Å². The van der Waals surface area contributed by atoms with Crippen LogP contribution in [0.3, 0.4) is 0 Å². The molecule has 2 aromatic carbocycles. The highest BCUT2D eigenvalue weighted by atomic mass is 19.1. The molecule has 20 heavy (non-hydrogen) atoms. The van der Waals surface area contributed by atoms with Crippen molar-refractivity contribution in [1.29, 1.82) is 0 Å². The van der Waals surface area contributed by atoms with E-state index in [1.807, 2.05) is 43.3 Å². The molecule has 0 unspecified atom stereocenters. The van der Waals surface area contributed by atoms with Crippen LogP contribution < -0.4 is 10.1 Å². The molecule has 0 saturated heterocycles. The molecule has 2 aromatic rings. The van der Waals surface area contributed by atoms with Crippen LogP contribution in [0.15, 0.2) is 48.5 Å². The summed E-state index contributed by atoms with van der Waals surface area (Å²) < 4.78 is 18.6. The molecule has 106 valence electrons. The van der Waals surface area contributed by atoms with Crippen molar-refractivity contribution in [2.24, 2.45) is 0 Å². The maximum atomic E-state index is 13.0. The number of ether oxygens (including phenoxy) is 1. The first-order valence-corrected chi connectivity index (χ1v) is 6.89. The molecular weight excluding hydrogens is 253 g/mol. The van der Waals surface area contributed by atoms with Crippen molar-refractivity contribution >= 4 is 0 Å². The Hall–Kier alpha value is -1.87. The lowest BCUT2D eigenvalue weighted by Gasteiger charge is -2.09. The molecule has 0 amide bonds. The first kappa shape index (κ1) is 14.5. The van der Waals surface area contributed by atoms with E-state index in [4.69, 9.17) is 4.74 Å². The largest absolute Gasteiger partial charge is 0.492 e. The zero-order valence-corrected chi connectivity index (χ0v) is 11.7. The van der Waals surface area contributed by atoms with Crippen molar-refractivity contribution in [3.05, 3.63) is 65.5 Å². The Bertz CT molecular complexity index is 528. The molecule has 0 fully saturated rings. The molecule has 0 saturated carbocycles. The van der Waals surface area contributed by atoms with E-state index in [2.05, 4.69) is 5.32 Å². The summed E-state index contributed by atoms with van der Waals surface area (Å²) in [4.78, 5) is 0. The minimum Gasteiger partial charge on any atom is -0.492 e. The van der Waals surface area contributed by atoms with Gasteiger partial charge in [0.1, 0.15) is 18.2 Å². The number of rotatable bonds is 7. The average Bonchev–Trinajstić information content (AvgIpc) is 2.46. The van der Waals surface area contributed by atoms with Gasteiger partial charge in [0.2, 0.25) is 0 Å². The molecule has 0 atom stereocenters. The van der Waals surface area contributed by atoms with Crippen LogP contribution in [0.5, 0.6) is 5.75 Å². The Labute approximate surface area is 119 Å². The number of halogens is 1. The number of nitrogens with one attached hydrogen (secondary N) is 1. The van der Waals surface area contributed by atoms with Gasteiger partial charge in [0.25, 0.3) is 0 Å². The maximum Gasteiger partial charge on any atom is 0.123 e. The first-order chi connectivity index (χ1) is 9.75. The van der Waals surface area contributed by atoms with E-state index in [0.717, 1.165) is 30.8 Å². The summed E-state index contributed by atoms with van der Waals surface area (Å²) in [6, 6.07) is 14.7. The molecule has 0 radical (unpaired) electrons. The third kappa shape index (κ3) is 4.67. The van der Waals surface area contributed by atoms with Gasteiger partial charge in [-0.1, -0.05) is 24.3 Å². The van der Waals surface area contributed by atoms with Gasteiger partial charge in [-0.25, -0.2) is 4.39 Å². The van der Waals surface area contributed by atoms with Crippen molar-refractivity contribution in [2.75, 3.05) is 19.7 Å². The summed E-state index contributed by atoms with van der Waals surface area (Å²) >= 11 is 0. The fourth-order valence-corrected chi connectivity index (χ4v) is 2.05. The van der Waals surface area contributed by atoms with E-state index in [9.17, 15) is 4.39 Å². The van der Waals surface area contributed by atoms with Gasteiger partial charge >= 0.3 is 0 Å². The summed E-state index contributed by atoms with van der Waals surface area (Å²) in [6.45, 7) is 4.25. The molecule has 0 aliphatic heterocycles. The number of hydrogen-bond acceptors (Lipinski definition) is 2. The van der Waals surface area contributed by atoms with Crippen molar-refractivity contribution in [2.45, 2.75) is 13.3 Å².